The second-order valence-corrected chi connectivity index (χ2v) is 11.3. The molecule has 194 valence electrons. The minimum absolute atomic E-state index is 0.0806. The molecular weight excluding hydrogens is 529 g/mol. The van der Waals surface area contributed by atoms with Crippen molar-refractivity contribution in [3.63, 3.8) is 0 Å². The average Bonchev–Trinajstić information content (AvgIpc) is 3.40. The van der Waals surface area contributed by atoms with Crippen LogP contribution in [0.5, 0.6) is 0 Å². The Balaban J connectivity index is 1.46. The number of sulfonamides is 1. The Labute approximate surface area is 220 Å². The Morgan fingerprint density at radius 2 is 1.72 bits per heavy atom. The van der Waals surface area contributed by atoms with E-state index in [1.54, 1.807) is 24.3 Å². The van der Waals surface area contributed by atoms with E-state index in [0.717, 1.165) is 31.6 Å². The number of hydrogen-bond acceptors (Lipinski definition) is 7. The first-order chi connectivity index (χ1) is 17.2. The van der Waals surface area contributed by atoms with Crippen molar-refractivity contribution in [1.82, 2.24) is 4.31 Å². The van der Waals surface area contributed by atoms with Crippen LogP contribution in [0.2, 0.25) is 10.0 Å². The highest BCUT2D eigenvalue weighted by Crippen LogP contribution is 2.32. The zero-order valence-electron chi connectivity index (χ0n) is 19.5. The van der Waals surface area contributed by atoms with Crippen LogP contribution in [0.3, 0.4) is 0 Å². The minimum atomic E-state index is -3.75. The van der Waals surface area contributed by atoms with Gasteiger partial charge in [-0.15, -0.1) is 0 Å². The van der Waals surface area contributed by atoms with Crippen LogP contribution in [-0.2, 0) is 35.5 Å². The summed E-state index contributed by atoms with van der Waals surface area (Å²) in [7, 11) is -3.75. The topological polar surface area (TPSA) is 105 Å². The molecule has 2 aliphatic heterocycles. The summed E-state index contributed by atoms with van der Waals surface area (Å²) in [5.74, 6) is -1.20. The predicted molar refractivity (Wildman–Crippen MR) is 137 cm³/mol. The number of morpholine rings is 1. The molecule has 2 aromatic rings. The Morgan fingerprint density at radius 3 is 2.42 bits per heavy atom. The fourth-order valence-corrected chi connectivity index (χ4v) is 6.06. The number of benzene rings is 2. The van der Waals surface area contributed by atoms with Gasteiger partial charge < -0.3 is 19.7 Å². The van der Waals surface area contributed by atoms with Crippen LogP contribution in [0.15, 0.2) is 41.3 Å². The van der Waals surface area contributed by atoms with Crippen molar-refractivity contribution < 1.29 is 27.5 Å². The van der Waals surface area contributed by atoms with Crippen molar-refractivity contribution in [3.8, 4) is 0 Å². The smallest absolute Gasteiger partial charge is 0.310 e. The highest BCUT2D eigenvalue weighted by atomic mass is 35.5. The van der Waals surface area contributed by atoms with Crippen molar-refractivity contribution in [1.29, 1.82) is 0 Å². The van der Waals surface area contributed by atoms with Crippen LogP contribution in [0.1, 0.15) is 18.4 Å². The van der Waals surface area contributed by atoms with Gasteiger partial charge in [0.25, 0.3) is 5.91 Å². The predicted octanol–water partition coefficient (Wildman–Crippen LogP) is 3.34. The maximum Gasteiger partial charge on any atom is 0.310 e. The number of nitrogens with zero attached hydrogens (tertiary/aromatic N) is 2. The molecule has 0 aliphatic carbocycles. The molecule has 2 aliphatic rings. The summed E-state index contributed by atoms with van der Waals surface area (Å²) in [4.78, 5) is 27.1. The van der Waals surface area contributed by atoms with E-state index in [1.165, 1.54) is 16.4 Å². The third kappa shape index (κ3) is 6.49. The van der Waals surface area contributed by atoms with Gasteiger partial charge in [0.2, 0.25) is 10.0 Å². The normalized spacial score (nSPS) is 16.7. The standard InChI is InChI=1S/C24H27Cl2N3O6S/c25-18-4-3-17(20(26)14-18)13-24(31)35-16-23(30)27-21-15-19(5-6-22(21)28-7-1-2-8-28)36(32,33)29-9-11-34-12-10-29/h3-6,14-15H,1-2,7-13,16H2,(H,27,30). The fraction of sp³-hybridized carbons (Fsp3) is 0.417. The molecule has 0 saturated carbocycles. The fourth-order valence-electron chi connectivity index (χ4n) is 4.15. The number of amides is 1. The molecule has 2 aromatic carbocycles. The van der Waals surface area contributed by atoms with Crippen LogP contribution >= 0.6 is 23.2 Å². The molecule has 0 radical (unpaired) electrons. The second kappa shape index (κ2) is 11.8. The lowest BCUT2D eigenvalue weighted by molar-refractivity contribution is -0.146. The molecule has 12 heteroatoms. The molecular formula is C24H27Cl2N3O6S. The molecule has 0 atom stereocenters. The van der Waals surface area contributed by atoms with E-state index < -0.39 is 28.5 Å². The lowest BCUT2D eigenvalue weighted by Gasteiger charge is -2.27. The summed E-state index contributed by atoms with van der Waals surface area (Å²) in [5, 5.41) is 3.51. The molecule has 1 amide bonds. The number of rotatable bonds is 8. The van der Waals surface area contributed by atoms with E-state index >= 15 is 0 Å². The van der Waals surface area contributed by atoms with Crippen LogP contribution in [0.25, 0.3) is 0 Å². The monoisotopic (exact) mass is 555 g/mol. The minimum Gasteiger partial charge on any atom is -0.455 e. The molecule has 0 spiro atoms. The summed E-state index contributed by atoms with van der Waals surface area (Å²) >= 11 is 12.0. The zero-order valence-corrected chi connectivity index (χ0v) is 21.9. The van der Waals surface area contributed by atoms with Crippen molar-refractivity contribution >= 4 is 56.5 Å². The van der Waals surface area contributed by atoms with Gasteiger partial charge in [0.15, 0.2) is 6.61 Å². The van der Waals surface area contributed by atoms with E-state index in [9.17, 15) is 18.0 Å². The molecule has 1 N–H and O–H groups in total. The molecule has 0 bridgehead atoms. The van der Waals surface area contributed by atoms with Gasteiger partial charge in [0, 0.05) is 36.2 Å². The Bertz CT molecular complexity index is 1230. The summed E-state index contributed by atoms with van der Waals surface area (Å²) in [6, 6.07) is 9.49. The number of carbonyl (C=O) groups excluding carboxylic acids is 2. The number of nitrogens with one attached hydrogen (secondary N) is 1. The summed E-state index contributed by atoms with van der Waals surface area (Å²) in [6.45, 7) is 2.29. The van der Waals surface area contributed by atoms with Gasteiger partial charge in [0.05, 0.1) is 35.9 Å². The van der Waals surface area contributed by atoms with E-state index in [-0.39, 0.29) is 24.4 Å². The second-order valence-electron chi connectivity index (χ2n) is 8.51. The van der Waals surface area contributed by atoms with E-state index in [0.29, 0.717) is 34.5 Å². The van der Waals surface area contributed by atoms with Crippen molar-refractivity contribution in [2.45, 2.75) is 24.2 Å². The number of halogens is 2. The lowest BCUT2D eigenvalue weighted by Crippen LogP contribution is -2.40. The first kappa shape index (κ1) is 26.7. The number of esters is 1. The molecule has 9 nitrogen and oxygen atoms in total. The largest absolute Gasteiger partial charge is 0.455 e. The number of carbonyl (C=O) groups is 2. The first-order valence-electron chi connectivity index (χ1n) is 11.6. The van der Waals surface area contributed by atoms with Crippen LogP contribution < -0.4 is 10.2 Å². The molecule has 36 heavy (non-hydrogen) atoms. The first-order valence-corrected chi connectivity index (χ1v) is 13.8. The van der Waals surface area contributed by atoms with E-state index in [4.69, 9.17) is 32.7 Å². The highest BCUT2D eigenvalue weighted by molar-refractivity contribution is 7.89. The van der Waals surface area contributed by atoms with Crippen molar-refractivity contribution in [2.24, 2.45) is 0 Å². The van der Waals surface area contributed by atoms with Crippen LogP contribution in [0.4, 0.5) is 11.4 Å². The molecule has 2 saturated heterocycles. The van der Waals surface area contributed by atoms with Crippen LogP contribution in [-0.4, -0.2) is 70.6 Å². The van der Waals surface area contributed by atoms with Gasteiger partial charge in [-0.05, 0) is 48.7 Å². The van der Waals surface area contributed by atoms with E-state index in [2.05, 4.69) is 10.2 Å². The molecule has 0 unspecified atom stereocenters. The summed E-state index contributed by atoms with van der Waals surface area (Å²) < 4.78 is 38.1. The van der Waals surface area contributed by atoms with Crippen molar-refractivity contribution in [3.05, 3.63) is 52.0 Å². The third-order valence-electron chi connectivity index (χ3n) is 6.01. The lowest BCUT2D eigenvalue weighted by atomic mass is 10.1. The highest BCUT2D eigenvalue weighted by Gasteiger charge is 2.28. The Morgan fingerprint density at radius 1 is 1.00 bits per heavy atom. The van der Waals surface area contributed by atoms with Crippen molar-refractivity contribution in [2.75, 3.05) is 56.2 Å². The maximum absolute atomic E-state index is 13.2. The molecule has 2 fully saturated rings. The van der Waals surface area contributed by atoms with Gasteiger partial charge in [-0.1, -0.05) is 29.3 Å². The van der Waals surface area contributed by atoms with Gasteiger partial charge in [-0.2, -0.15) is 4.31 Å². The van der Waals surface area contributed by atoms with Gasteiger partial charge in [0.1, 0.15) is 0 Å². The molecule has 4 rings (SSSR count). The quantitative estimate of drug-likeness (QED) is 0.498. The summed E-state index contributed by atoms with van der Waals surface area (Å²) in [6.07, 6.45) is 1.90. The SMILES string of the molecule is O=C(COC(=O)Cc1ccc(Cl)cc1Cl)Nc1cc(S(=O)(=O)N2CCOCC2)ccc1N1CCCC1. The number of hydrogen-bond donors (Lipinski definition) is 1. The summed E-state index contributed by atoms with van der Waals surface area (Å²) in [5.41, 5.74) is 1.61. The van der Waals surface area contributed by atoms with Gasteiger partial charge >= 0.3 is 5.97 Å². The zero-order chi connectivity index (χ0) is 25.7. The van der Waals surface area contributed by atoms with Gasteiger partial charge in [-0.25, -0.2) is 8.42 Å². The Kier molecular flexibility index (Phi) is 8.74. The molecule has 0 aromatic heterocycles. The van der Waals surface area contributed by atoms with E-state index in [1.807, 2.05) is 0 Å². The third-order valence-corrected chi connectivity index (χ3v) is 8.49. The van der Waals surface area contributed by atoms with Crippen LogP contribution in [0, 0.1) is 0 Å². The molecule has 2 heterocycles. The number of ether oxygens (including phenoxy) is 2. The van der Waals surface area contributed by atoms with Gasteiger partial charge in [-0.3, -0.25) is 9.59 Å². The average molecular weight is 556 g/mol. The maximum atomic E-state index is 13.2. The Hall–Kier alpha value is -2.37. The number of anilines is 2.